The Labute approximate surface area is 172 Å². The quantitative estimate of drug-likeness (QED) is 0.491. The van der Waals surface area contributed by atoms with Crippen molar-refractivity contribution in [2.24, 2.45) is 5.73 Å². The number of ether oxygens (including phenoxy) is 1. The summed E-state index contributed by atoms with van der Waals surface area (Å²) in [7, 11) is 0. The third kappa shape index (κ3) is 2.82. The smallest absolute Gasteiger partial charge is 0.244 e. The van der Waals surface area contributed by atoms with Crippen LogP contribution < -0.4 is 10.5 Å². The number of nitriles is 1. The SMILES string of the molecule is N#CC1=C(N)Oc2n[nH]c(-c3ccc4ccccc4c3)c2[C@@H]1c1ccc(Cl)cc1. The number of aromatic nitrogens is 2. The molecular weight excluding hydrogens is 384 g/mol. The number of hydrogen-bond donors (Lipinski definition) is 2. The number of rotatable bonds is 2. The predicted molar refractivity (Wildman–Crippen MR) is 112 cm³/mol. The fourth-order valence-corrected chi connectivity index (χ4v) is 3.92. The van der Waals surface area contributed by atoms with Crippen molar-refractivity contribution in [2.75, 3.05) is 0 Å². The van der Waals surface area contributed by atoms with E-state index in [2.05, 4.69) is 40.5 Å². The monoisotopic (exact) mass is 398 g/mol. The van der Waals surface area contributed by atoms with E-state index in [1.165, 1.54) is 0 Å². The van der Waals surface area contributed by atoms with E-state index in [0.717, 1.165) is 33.2 Å². The molecule has 5 rings (SSSR count). The highest BCUT2D eigenvalue weighted by Gasteiger charge is 2.35. The van der Waals surface area contributed by atoms with Gasteiger partial charge in [0, 0.05) is 10.6 Å². The Balaban J connectivity index is 1.73. The highest BCUT2D eigenvalue weighted by atomic mass is 35.5. The van der Waals surface area contributed by atoms with Gasteiger partial charge in [0.2, 0.25) is 11.8 Å². The Hall–Kier alpha value is -3.75. The van der Waals surface area contributed by atoms with E-state index in [1.54, 1.807) is 12.1 Å². The summed E-state index contributed by atoms with van der Waals surface area (Å²) in [5, 5.41) is 20.1. The van der Waals surface area contributed by atoms with Crippen molar-refractivity contribution in [3.05, 3.63) is 94.3 Å². The molecule has 140 valence electrons. The average molecular weight is 399 g/mol. The molecule has 2 heterocycles. The van der Waals surface area contributed by atoms with Crippen LogP contribution in [0.1, 0.15) is 17.0 Å². The van der Waals surface area contributed by atoms with Crippen LogP contribution in [0.2, 0.25) is 5.02 Å². The first-order valence-electron chi connectivity index (χ1n) is 9.06. The first kappa shape index (κ1) is 17.4. The Morgan fingerprint density at radius 2 is 1.79 bits per heavy atom. The third-order valence-electron chi connectivity index (χ3n) is 5.18. The van der Waals surface area contributed by atoms with Crippen molar-refractivity contribution in [3.63, 3.8) is 0 Å². The number of fused-ring (bicyclic) bond motifs is 2. The van der Waals surface area contributed by atoms with Crippen molar-refractivity contribution in [1.82, 2.24) is 10.2 Å². The van der Waals surface area contributed by atoms with Crippen LogP contribution in [0.15, 0.2) is 78.2 Å². The zero-order valence-corrected chi connectivity index (χ0v) is 15.9. The average Bonchev–Trinajstić information content (AvgIpc) is 3.16. The summed E-state index contributed by atoms with van der Waals surface area (Å²) in [6.07, 6.45) is 0. The fraction of sp³-hybridized carbons (Fsp3) is 0.0435. The van der Waals surface area contributed by atoms with Crippen LogP contribution in [0.4, 0.5) is 0 Å². The fourth-order valence-electron chi connectivity index (χ4n) is 3.80. The van der Waals surface area contributed by atoms with Crippen LogP contribution in [-0.2, 0) is 0 Å². The summed E-state index contributed by atoms with van der Waals surface area (Å²) in [6.45, 7) is 0. The van der Waals surface area contributed by atoms with E-state index < -0.39 is 5.92 Å². The minimum atomic E-state index is -0.402. The molecule has 3 N–H and O–H groups in total. The summed E-state index contributed by atoms with van der Waals surface area (Å²) >= 11 is 6.07. The Morgan fingerprint density at radius 3 is 2.55 bits per heavy atom. The van der Waals surface area contributed by atoms with Gasteiger partial charge in [0.25, 0.3) is 0 Å². The van der Waals surface area contributed by atoms with Gasteiger partial charge in [-0.1, -0.05) is 60.1 Å². The third-order valence-corrected chi connectivity index (χ3v) is 5.43. The van der Waals surface area contributed by atoms with E-state index in [1.807, 2.05) is 30.3 Å². The molecule has 0 radical (unpaired) electrons. The largest absolute Gasteiger partial charge is 0.420 e. The van der Waals surface area contributed by atoms with E-state index in [4.69, 9.17) is 22.1 Å². The molecule has 0 fully saturated rings. The van der Waals surface area contributed by atoms with Gasteiger partial charge in [0.1, 0.15) is 11.6 Å². The molecule has 1 aliphatic heterocycles. The lowest BCUT2D eigenvalue weighted by Crippen LogP contribution is -2.20. The summed E-state index contributed by atoms with van der Waals surface area (Å²) in [4.78, 5) is 0. The molecule has 1 aliphatic rings. The van der Waals surface area contributed by atoms with Crippen LogP contribution in [0.3, 0.4) is 0 Å². The molecule has 1 atom stereocenters. The van der Waals surface area contributed by atoms with Gasteiger partial charge in [-0.25, -0.2) is 0 Å². The van der Waals surface area contributed by atoms with E-state index >= 15 is 0 Å². The van der Waals surface area contributed by atoms with E-state index in [-0.39, 0.29) is 5.88 Å². The molecule has 6 heteroatoms. The second kappa shape index (κ2) is 6.69. The predicted octanol–water partition coefficient (Wildman–Crippen LogP) is 5.10. The Kier molecular flexibility index (Phi) is 4.01. The number of benzene rings is 3. The van der Waals surface area contributed by atoms with Crippen molar-refractivity contribution in [2.45, 2.75) is 5.92 Å². The number of nitrogens with one attached hydrogen (secondary N) is 1. The minimum Gasteiger partial charge on any atom is -0.420 e. The lowest BCUT2D eigenvalue weighted by Gasteiger charge is -2.24. The number of halogens is 1. The molecular formula is C23H15ClN4O. The maximum atomic E-state index is 9.79. The van der Waals surface area contributed by atoms with Gasteiger partial charge in [0.05, 0.1) is 17.2 Å². The van der Waals surface area contributed by atoms with Gasteiger partial charge >= 0.3 is 0 Å². The first-order chi connectivity index (χ1) is 14.2. The van der Waals surface area contributed by atoms with Crippen LogP contribution in [0.25, 0.3) is 22.0 Å². The highest BCUT2D eigenvalue weighted by molar-refractivity contribution is 6.30. The normalized spacial score (nSPS) is 15.7. The van der Waals surface area contributed by atoms with Crippen LogP contribution >= 0.6 is 11.6 Å². The van der Waals surface area contributed by atoms with Gasteiger partial charge in [-0.05, 0) is 34.5 Å². The van der Waals surface area contributed by atoms with Crippen molar-refractivity contribution in [1.29, 1.82) is 5.26 Å². The lowest BCUT2D eigenvalue weighted by molar-refractivity contribution is 0.379. The van der Waals surface area contributed by atoms with Crippen LogP contribution in [-0.4, -0.2) is 10.2 Å². The molecule has 3 aromatic carbocycles. The maximum Gasteiger partial charge on any atom is 0.244 e. The lowest BCUT2D eigenvalue weighted by atomic mass is 9.83. The molecule has 0 bridgehead atoms. The number of aromatic amines is 1. The molecule has 0 saturated carbocycles. The Bertz CT molecular complexity index is 1310. The minimum absolute atomic E-state index is 0.0662. The van der Waals surface area contributed by atoms with E-state index in [0.29, 0.717) is 16.5 Å². The number of nitrogens with zero attached hydrogens (tertiary/aromatic N) is 2. The maximum absolute atomic E-state index is 9.79. The summed E-state index contributed by atoms with van der Waals surface area (Å²) in [5.41, 5.74) is 9.82. The molecule has 29 heavy (non-hydrogen) atoms. The zero-order chi connectivity index (χ0) is 20.0. The van der Waals surface area contributed by atoms with Crippen LogP contribution in [0.5, 0.6) is 5.88 Å². The van der Waals surface area contributed by atoms with E-state index in [9.17, 15) is 5.26 Å². The van der Waals surface area contributed by atoms with Gasteiger partial charge in [-0.15, -0.1) is 5.10 Å². The molecule has 0 spiro atoms. The van der Waals surface area contributed by atoms with Crippen molar-refractivity contribution < 1.29 is 4.74 Å². The van der Waals surface area contributed by atoms with Crippen LogP contribution in [0, 0.1) is 11.3 Å². The van der Waals surface area contributed by atoms with Gasteiger partial charge < -0.3 is 10.5 Å². The number of hydrogen-bond acceptors (Lipinski definition) is 4. The second-order valence-electron chi connectivity index (χ2n) is 6.86. The standard InChI is InChI=1S/C23H15ClN4O/c24-17-9-7-14(8-10-17)19-18(12-25)22(26)29-23-20(19)21(27-28-23)16-6-5-13-3-1-2-4-15(13)11-16/h1-11,19H,26H2,(H,27,28)/t19-/m1/s1. The van der Waals surface area contributed by atoms with Crippen molar-refractivity contribution in [3.8, 4) is 23.2 Å². The zero-order valence-electron chi connectivity index (χ0n) is 15.2. The molecule has 0 amide bonds. The summed E-state index contributed by atoms with van der Waals surface area (Å²) < 4.78 is 5.67. The molecule has 0 aliphatic carbocycles. The topological polar surface area (TPSA) is 87.7 Å². The summed E-state index contributed by atoms with van der Waals surface area (Å²) in [6, 6.07) is 23.9. The molecule has 1 aromatic heterocycles. The second-order valence-corrected chi connectivity index (χ2v) is 7.29. The number of H-pyrrole nitrogens is 1. The molecule has 5 nitrogen and oxygen atoms in total. The first-order valence-corrected chi connectivity index (χ1v) is 9.44. The van der Waals surface area contributed by atoms with Gasteiger partial charge in [0.15, 0.2) is 0 Å². The molecule has 4 aromatic rings. The van der Waals surface area contributed by atoms with Gasteiger partial charge in [-0.3, -0.25) is 5.10 Å². The Morgan fingerprint density at radius 1 is 1.03 bits per heavy atom. The molecule has 0 saturated heterocycles. The summed E-state index contributed by atoms with van der Waals surface area (Å²) in [5.74, 6) is 0.0438. The van der Waals surface area contributed by atoms with Crippen molar-refractivity contribution >= 4 is 22.4 Å². The van der Waals surface area contributed by atoms with Gasteiger partial charge in [-0.2, -0.15) is 5.26 Å². The number of allylic oxidation sites excluding steroid dienone is 1. The molecule has 0 unspecified atom stereocenters. The number of nitrogens with two attached hydrogens (primary N) is 1. The highest BCUT2D eigenvalue weighted by Crippen LogP contribution is 2.45.